The number of sulfonamides is 1. The third-order valence-electron chi connectivity index (χ3n) is 2.16. The molecule has 0 aliphatic rings. The molecule has 1 aromatic heterocycles. The van der Waals surface area contributed by atoms with Crippen LogP contribution in [0.4, 0.5) is 11.4 Å². The van der Waals surface area contributed by atoms with Gasteiger partial charge in [0, 0.05) is 11.9 Å². The Morgan fingerprint density at radius 3 is 2.44 bits per heavy atom. The number of benzene rings is 1. The molecule has 0 saturated heterocycles. The van der Waals surface area contributed by atoms with Crippen LogP contribution in [0.15, 0.2) is 46.2 Å². The summed E-state index contributed by atoms with van der Waals surface area (Å²) in [6, 6.07) is 6.91. The van der Waals surface area contributed by atoms with Crippen molar-refractivity contribution >= 4 is 21.4 Å². The van der Waals surface area contributed by atoms with Crippen molar-refractivity contribution < 1.29 is 8.42 Å². The van der Waals surface area contributed by atoms with Crippen molar-refractivity contribution in [3.8, 4) is 0 Å². The van der Waals surface area contributed by atoms with Gasteiger partial charge in [0.2, 0.25) is 0 Å². The fraction of sp³-hybridized carbons (Fsp3) is 0. The Bertz CT molecular complexity index is 706. The number of nitrogens with two attached hydrogens (primary N) is 1. The van der Waals surface area contributed by atoms with E-state index in [1.807, 2.05) is 0 Å². The smallest absolute Gasteiger partial charge is 0.288 e. The molecule has 0 aliphatic carbocycles. The normalized spacial score (nSPS) is 11.1. The predicted molar refractivity (Wildman–Crippen MR) is 66.5 cm³/mol. The van der Waals surface area contributed by atoms with Crippen LogP contribution in [-0.2, 0) is 10.0 Å². The van der Waals surface area contributed by atoms with Gasteiger partial charge in [-0.2, -0.15) is 5.10 Å². The van der Waals surface area contributed by atoms with Crippen molar-refractivity contribution in [2.45, 2.75) is 4.90 Å². The summed E-state index contributed by atoms with van der Waals surface area (Å²) in [6.07, 6.45) is 1.28. The van der Waals surface area contributed by atoms with E-state index < -0.39 is 15.6 Å². The third-order valence-corrected chi connectivity index (χ3v) is 3.54. The molecule has 1 aromatic carbocycles. The second kappa shape index (κ2) is 4.49. The second-order valence-electron chi connectivity index (χ2n) is 3.47. The Labute approximate surface area is 103 Å². The molecule has 0 atom stereocenters. The first-order valence-electron chi connectivity index (χ1n) is 4.91. The molecule has 1 heterocycles. The summed E-state index contributed by atoms with van der Waals surface area (Å²) in [4.78, 5) is 11.3. The molecule has 0 amide bonds. The maximum Gasteiger partial charge on any atom is 0.288 e. The summed E-state index contributed by atoms with van der Waals surface area (Å²) in [5, 5.41) is 5.60. The van der Waals surface area contributed by atoms with Gasteiger partial charge in [0.1, 0.15) is 5.69 Å². The summed E-state index contributed by atoms with van der Waals surface area (Å²) < 4.78 is 26.0. The molecular formula is C10H10N4O3S. The van der Waals surface area contributed by atoms with Gasteiger partial charge in [-0.05, 0) is 30.3 Å². The number of H-pyrrole nitrogens is 1. The van der Waals surface area contributed by atoms with Gasteiger partial charge in [-0.1, -0.05) is 0 Å². The second-order valence-corrected chi connectivity index (χ2v) is 5.16. The van der Waals surface area contributed by atoms with Crippen LogP contribution < -0.4 is 16.0 Å². The minimum atomic E-state index is -3.81. The minimum Gasteiger partial charge on any atom is -0.399 e. The van der Waals surface area contributed by atoms with Gasteiger partial charge < -0.3 is 5.73 Å². The molecule has 0 saturated carbocycles. The first-order valence-corrected chi connectivity index (χ1v) is 6.39. The minimum absolute atomic E-state index is 0.0212. The SMILES string of the molecule is Nc1ccc(S(=O)(=O)Nc2ccn[nH]c2=O)cc1. The van der Waals surface area contributed by atoms with E-state index in [1.165, 1.54) is 36.5 Å². The maximum atomic E-state index is 11.9. The molecule has 4 N–H and O–H groups in total. The Hall–Kier alpha value is -2.35. The molecule has 2 aromatic rings. The zero-order valence-corrected chi connectivity index (χ0v) is 9.94. The standard InChI is InChI=1S/C10H10N4O3S/c11-7-1-3-8(4-2-7)18(16,17)14-9-5-6-12-13-10(9)15/h1-6H,11H2,(H,12,14)(H,13,15). The highest BCUT2D eigenvalue weighted by molar-refractivity contribution is 7.92. The van der Waals surface area contributed by atoms with E-state index in [0.29, 0.717) is 5.69 Å². The predicted octanol–water partition coefficient (Wildman–Crippen LogP) is 0.153. The molecule has 2 rings (SSSR count). The van der Waals surface area contributed by atoms with Crippen LogP contribution in [0.5, 0.6) is 0 Å². The molecule has 0 fully saturated rings. The lowest BCUT2D eigenvalue weighted by molar-refractivity contribution is 0.601. The van der Waals surface area contributed by atoms with Crippen LogP contribution >= 0.6 is 0 Å². The number of nitrogen functional groups attached to an aromatic ring is 1. The first kappa shape index (κ1) is 12.1. The average molecular weight is 266 g/mol. The van der Waals surface area contributed by atoms with Crippen LogP contribution in [0.1, 0.15) is 0 Å². The Kier molecular flexibility index (Phi) is 3.02. The molecular weight excluding hydrogens is 256 g/mol. The lowest BCUT2D eigenvalue weighted by atomic mass is 10.3. The Morgan fingerprint density at radius 1 is 1.17 bits per heavy atom. The molecule has 0 aliphatic heterocycles. The fourth-order valence-corrected chi connectivity index (χ4v) is 2.34. The molecule has 8 heteroatoms. The molecule has 94 valence electrons. The highest BCUT2D eigenvalue weighted by atomic mass is 32.2. The summed E-state index contributed by atoms with van der Waals surface area (Å²) in [5.74, 6) is 0. The van der Waals surface area contributed by atoms with Gasteiger partial charge in [-0.3, -0.25) is 9.52 Å². The summed E-state index contributed by atoms with van der Waals surface area (Å²) in [6.45, 7) is 0. The van der Waals surface area contributed by atoms with E-state index in [2.05, 4.69) is 14.9 Å². The van der Waals surface area contributed by atoms with Crippen molar-refractivity contribution in [2.75, 3.05) is 10.5 Å². The van der Waals surface area contributed by atoms with E-state index in [0.717, 1.165) is 0 Å². The topological polar surface area (TPSA) is 118 Å². The van der Waals surface area contributed by atoms with E-state index in [1.54, 1.807) is 0 Å². The lowest BCUT2D eigenvalue weighted by Crippen LogP contribution is -2.20. The van der Waals surface area contributed by atoms with Crippen LogP contribution in [-0.4, -0.2) is 18.6 Å². The first-order chi connectivity index (χ1) is 8.49. The van der Waals surface area contributed by atoms with Gasteiger partial charge in [0.15, 0.2) is 0 Å². The number of nitrogens with zero attached hydrogens (tertiary/aromatic N) is 1. The van der Waals surface area contributed by atoms with E-state index in [9.17, 15) is 13.2 Å². The number of aromatic amines is 1. The van der Waals surface area contributed by atoms with Gasteiger partial charge in [-0.25, -0.2) is 13.5 Å². The van der Waals surface area contributed by atoms with Crippen molar-refractivity contribution in [2.24, 2.45) is 0 Å². The number of nitrogens with one attached hydrogen (secondary N) is 2. The van der Waals surface area contributed by atoms with Crippen molar-refractivity contribution in [3.05, 3.63) is 46.9 Å². The molecule has 7 nitrogen and oxygen atoms in total. The largest absolute Gasteiger partial charge is 0.399 e. The molecule has 0 radical (unpaired) electrons. The van der Waals surface area contributed by atoms with Gasteiger partial charge in [0.05, 0.1) is 4.90 Å². The number of rotatable bonds is 3. The number of anilines is 2. The number of hydrogen-bond acceptors (Lipinski definition) is 5. The van der Waals surface area contributed by atoms with E-state index >= 15 is 0 Å². The monoisotopic (exact) mass is 266 g/mol. The molecule has 18 heavy (non-hydrogen) atoms. The molecule has 0 bridgehead atoms. The summed E-state index contributed by atoms with van der Waals surface area (Å²) in [5.41, 5.74) is 5.21. The van der Waals surface area contributed by atoms with Crippen LogP contribution in [0, 0.1) is 0 Å². The van der Waals surface area contributed by atoms with Gasteiger partial charge in [0.25, 0.3) is 15.6 Å². The zero-order chi connectivity index (χ0) is 13.2. The Morgan fingerprint density at radius 2 is 1.83 bits per heavy atom. The summed E-state index contributed by atoms with van der Waals surface area (Å²) in [7, 11) is -3.81. The average Bonchev–Trinajstić information content (AvgIpc) is 2.32. The molecule has 0 spiro atoms. The van der Waals surface area contributed by atoms with Crippen LogP contribution in [0.2, 0.25) is 0 Å². The maximum absolute atomic E-state index is 11.9. The summed E-state index contributed by atoms with van der Waals surface area (Å²) >= 11 is 0. The van der Waals surface area contributed by atoms with Crippen LogP contribution in [0.25, 0.3) is 0 Å². The fourth-order valence-electron chi connectivity index (χ4n) is 1.27. The Balaban J connectivity index is 2.36. The third kappa shape index (κ3) is 2.48. The molecule has 0 unspecified atom stereocenters. The van der Waals surface area contributed by atoms with Gasteiger partial charge >= 0.3 is 0 Å². The van der Waals surface area contributed by atoms with E-state index in [-0.39, 0.29) is 10.6 Å². The zero-order valence-electron chi connectivity index (χ0n) is 9.12. The highest BCUT2D eigenvalue weighted by Gasteiger charge is 2.15. The quantitative estimate of drug-likeness (QED) is 0.683. The van der Waals surface area contributed by atoms with E-state index in [4.69, 9.17) is 5.73 Å². The van der Waals surface area contributed by atoms with Crippen molar-refractivity contribution in [3.63, 3.8) is 0 Å². The van der Waals surface area contributed by atoms with Gasteiger partial charge in [-0.15, -0.1) is 0 Å². The van der Waals surface area contributed by atoms with Crippen molar-refractivity contribution in [1.29, 1.82) is 0 Å². The highest BCUT2D eigenvalue weighted by Crippen LogP contribution is 2.14. The van der Waals surface area contributed by atoms with Crippen molar-refractivity contribution in [1.82, 2.24) is 10.2 Å². The van der Waals surface area contributed by atoms with Crippen LogP contribution in [0.3, 0.4) is 0 Å². The number of aromatic nitrogens is 2. The number of hydrogen-bond donors (Lipinski definition) is 3. The lowest BCUT2D eigenvalue weighted by Gasteiger charge is -2.06.